The van der Waals surface area contributed by atoms with Crippen LogP contribution < -0.4 is 10.9 Å². The van der Waals surface area contributed by atoms with Crippen LogP contribution in [-0.2, 0) is 34.3 Å². The molecule has 0 atom stereocenters. The molecule has 11 heteroatoms. The number of carbonyl (C=O) groups excluding carboxylic acids is 1. The molecule has 0 unspecified atom stereocenters. The van der Waals surface area contributed by atoms with Crippen molar-refractivity contribution in [1.82, 2.24) is 18.8 Å². The Morgan fingerprint density at radius 2 is 2.06 bits per heavy atom. The van der Waals surface area contributed by atoms with E-state index in [2.05, 4.69) is 15.3 Å². The van der Waals surface area contributed by atoms with Crippen molar-refractivity contribution < 1.29 is 13.2 Å². The molecule has 3 aromatic rings. The highest BCUT2D eigenvalue weighted by molar-refractivity contribution is 7.90. The van der Waals surface area contributed by atoms with Crippen molar-refractivity contribution in [3.8, 4) is 0 Å². The third-order valence-corrected chi connectivity index (χ3v) is 8.90. The van der Waals surface area contributed by atoms with Gasteiger partial charge >= 0.3 is 0 Å². The summed E-state index contributed by atoms with van der Waals surface area (Å²) < 4.78 is 27.9. The molecule has 1 aromatic carbocycles. The van der Waals surface area contributed by atoms with Crippen LogP contribution in [0.2, 0.25) is 0 Å². The van der Waals surface area contributed by atoms with Crippen molar-refractivity contribution in [3.63, 3.8) is 0 Å². The van der Waals surface area contributed by atoms with Gasteiger partial charge in [0.15, 0.2) is 5.13 Å². The van der Waals surface area contributed by atoms with Crippen molar-refractivity contribution in [2.45, 2.75) is 44.0 Å². The lowest BCUT2D eigenvalue weighted by Gasteiger charge is -2.25. The average Bonchev–Trinajstić information content (AvgIpc) is 3.54. The number of aromatic nitrogens is 3. The number of hydrogen-bond acceptors (Lipinski definition) is 7. The number of benzene rings is 1. The number of nitrogens with one attached hydrogen (secondary N) is 1. The topological polar surface area (TPSA) is 114 Å². The van der Waals surface area contributed by atoms with E-state index >= 15 is 0 Å². The number of anilines is 1. The molecule has 0 radical (unpaired) electrons. The second-order valence-electron chi connectivity index (χ2n) is 7.78. The van der Waals surface area contributed by atoms with Crippen molar-refractivity contribution >= 4 is 43.3 Å². The van der Waals surface area contributed by atoms with Gasteiger partial charge in [0.1, 0.15) is 0 Å². The van der Waals surface area contributed by atoms with Gasteiger partial charge in [-0.25, -0.2) is 18.4 Å². The van der Waals surface area contributed by atoms with Gasteiger partial charge in [-0.1, -0.05) is 12.1 Å². The van der Waals surface area contributed by atoms with Crippen molar-refractivity contribution in [3.05, 3.63) is 51.5 Å². The number of sulfonamides is 1. The molecule has 31 heavy (non-hydrogen) atoms. The fourth-order valence-electron chi connectivity index (χ4n) is 3.69. The number of aryl methyl sites for hydroxylation is 1. The quantitative estimate of drug-likeness (QED) is 0.601. The van der Waals surface area contributed by atoms with Gasteiger partial charge in [0, 0.05) is 37.4 Å². The first-order valence-electron chi connectivity index (χ1n) is 10.1. The zero-order chi connectivity index (χ0) is 21.6. The number of nitrogens with zero attached hydrogens (tertiary/aromatic N) is 4. The summed E-state index contributed by atoms with van der Waals surface area (Å²) >= 11 is 1.31. The Morgan fingerprint density at radius 3 is 2.87 bits per heavy atom. The third-order valence-electron chi connectivity index (χ3n) is 5.56. The molecule has 9 nitrogen and oxygen atoms in total. The van der Waals surface area contributed by atoms with Crippen LogP contribution in [0.3, 0.4) is 0 Å². The number of rotatable bonds is 6. The summed E-state index contributed by atoms with van der Waals surface area (Å²) in [5.74, 6) is -0.256. The molecular formula is C20H21N5O4S2. The summed E-state index contributed by atoms with van der Waals surface area (Å²) in [5, 5.41) is 3.53. The lowest BCUT2D eigenvalue weighted by Crippen LogP contribution is -2.37. The Balaban J connectivity index is 1.23. The summed E-state index contributed by atoms with van der Waals surface area (Å²) in [4.78, 5) is 34.5. The largest absolute Gasteiger partial charge is 0.302 e. The lowest BCUT2D eigenvalue weighted by molar-refractivity contribution is -0.116. The minimum absolute atomic E-state index is 0.104. The van der Waals surface area contributed by atoms with E-state index in [9.17, 15) is 18.0 Å². The maximum atomic E-state index is 12.5. The van der Waals surface area contributed by atoms with Crippen LogP contribution in [0.25, 0.3) is 10.9 Å². The summed E-state index contributed by atoms with van der Waals surface area (Å²) in [6.45, 7) is 0.960. The van der Waals surface area contributed by atoms with Crippen LogP contribution in [0, 0.1) is 0 Å². The van der Waals surface area contributed by atoms with E-state index in [0.29, 0.717) is 35.5 Å². The number of hydrogen-bond donors (Lipinski definition) is 1. The Hall–Kier alpha value is -2.63. The molecule has 1 aliphatic heterocycles. The van der Waals surface area contributed by atoms with Crippen molar-refractivity contribution in [2.24, 2.45) is 0 Å². The van der Waals surface area contributed by atoms with Crippen LogP contribution in [-0.4, -0.2) is 45.0 Å². The highest BCUT2D eigenvalue weighted by atomic mass is 32.2. The van der Waals surface area contributed by atoms with E-state index < -0.39 is 10.0 Å². The predicted octanol–water partition coefficient (Wildman–Crippen LogP) is 1.73. The Morgan fingerprint density at radius 1 is 1.26 bits per heavy atom. The standard InChI is InChI=1S/C20H21N5O4S2/c26-18(8-9-24-12-21-15-4-2-1-3-14(15)19(24)27)23-20-22-16-7-10-25(11-17(16)30-20)31(28,29)13-5-6-13/h1-4,12-13H,5-11H2,(H,22,23,26). The van der Waals surface area contributed by atoms with Crippen LogP contribution >= 0.6 is 11.3 Å². The van der Waals surface area contributed by atoms with Crippen LogP contribution in [0.15, 0.2) is 35.4 Å². The van der Waals surface area contributed by atoms with E-state index in [0.717, 1.165) is 23.4 Å². The molecule has 5 rings (SSSR count). The second-order valence-corrected chi connectivity index (χ2v) is 11.1. The van der Waals surface area contributed by atoms with Gasteiger partial charge in [-0.05, 0) is 25.0 Å². The minimum Gasteiger partial charge on any atom is -0.302 e. The van der Waals surface area contributed by atoms with Gasteiger partial charge in [-0.3, -0.25) is 14.2 Å². The summed E-state index contributed by atoms with van der Waals surface area (Å²) in [7, 11) is -3.22. The molecule has 0 bridgehead atoms. The fourth-order valence-corrected chi connectivity index (χ4v) is 6.62. The Bertz CT molecular complexity index is 1330. The zero-order valence-corrected chi connectivity index (χ0v) is 18.3. The predicted molar refractivity (Wildman–Crippen MR) is 117 cm³/mol. The third kappa shape index (κ3) is 4.00. The van der Waals surface area contributed by atoms with Gasteiger partial charge in [0.2, 0.25) is 15.9 Å². The molecule has 1 amide bonds. The molecular weight excluding hydrogens is 438 g/mol. The first-order valence-corrected chi connectivity index (χ1v) is 12.5. The first kappa shape index (κ1) is 20.3. The molecule has 3 heterocycles. The van der Waals surface area contributed by atoms with Crippen molar-refractivity contribution in [2.75, 3.05) is 11.9 Å². The number of para-hydroxylation sites is 1. The molecule has 2 aliphatic rings. The van der Waals surface area contributed by atoms with Crippen molar-refractivity contribution in [1.29, 1.82) is 0 Å². The summed E-state index contributed by atoms with van der Waals surface area (Å²) in [6.07, 6.45) is 3.59. The lowest BCUT2D eigenvalue weighted by atomic mass is 10.2. The van der Waals surface area contributed by atoms with Crippen LogP contribution in [0.5, 0.6) is 0 Å². The molecule has 1 fully saturated rings. The maximum Gasteiger partial charge on any atom is 0.261 e. The van der Waals surface area contributed by atoms with E-state index in [1.54, 1.807) is 18.2 Å². The minimum atomic E-state index is -3.22. The fraction of sp³-hybridized carbons (Fsp3) is 0.400. The summed E-state index contributed by atoms with van der Waals surface area (Å²) in [5.41, 5.74) is 1.29. The number of thiazole rings is 1. The monoisotopic (exact) mass is 459 g/mol. The van der Waals surface area contributed by atoms with E-state index in [-0.39, 0.29) is 29.7 Å². The van der Waals surface area contributed by atoms with E-state index in [4.69, 9.17) is 0 Å². The molecule has 0 saturated heterocycles. The SMILES string of the molecule is O=C(CCn1cnc2ccccc2c1=O)Nc1nc2c(s1)CN(S(=O)(=O)C1CC1)CC2. The van der Waals surface area contributed by atoms with Gasteiger partial charge in [-0.15, -0.1) is 11.3 Å². The van der Waals surface area contributed by atoms with Gasteiger partial charge in [-0.2, -0.15) is 4.31 Å². The molecule has 0 spiro atoms. The molecule has 1 saturated carbocycles. The highest BCUT2D eigenvalue weighted by Gasteiger charge is 2.41. The maximum absolute atomic E-state index is 12.5. The van der Waals surface area contributed by atoms with Gasteiger partial charge < -0.3 is 5.32 Å². The van der Waals surface area contributed by atoms with Gasteiger partial charge in [0.05, 0.1) is 28.2 Å². The summed E-state index contributed by atoms with van der Waals surface area (Å²) in [6, 6.07) is 7.09. The van der Waals surface area contributed by atoms with E-state index in [1.807, 2.05) is 6.07 Å². The molecule has 162 valence electrons. The van der Waals surface area contributed by atoms with Crippen LogP contribution in [0.4, 0.5) is 5.13 Å². The molecule has 1 N–H and O–H groups in total. The molecule has 1 aliphatic carbocycles. The first-order chi connectivity index (χ1) is 14.9. The normalized spacial score (nSPS) is 16.9. The van der Waals surface area contributed by atoms with Crippen LogP contribution in [0.1, 0.15) is 29.8 Å². The Labute approximate surface area is 182 Å². The number of fused-ring (bicyclic) bond motifs is 2. The smallest absolute Gasteiger partial charge is 0.261 e. The second kappa shape index (κ2) is 7.81. The van der Waals surface area contributed by atoms with Gasteiger partial charge in [0.25, 0.3) is 5.56 Å². The highest BCUT2D eigenvalue weighted by Crippen LogP contribution is 2.35. The average molecular weight is 460 g/mol. The Kier molecular flexibility index (Phi) is 5.11. The number of carbonyl (C=O) groups is 1. The zero-order valence-electron chi connectivity index (χ0n) is 16.7. The molecule has 2 aromatic heterocycles. The van der Waals surface area contributed by atoms with E-state index in [1.165, 1.54) is 26.5 Å². The number of amides is 1.